The van der Waals surface area contributed by atoms with Crippen LogP contribution in [0.15, 0.2) is 30.3 Å². The molecule has 0 spiro atoms. The van der Waals surface area contributed by atoms with Gasteiger partial charge in [-0.1, -0.05) is 81.8 Å². The van der Waals surface area contributed by atoms with Crippen molar-refractivity contribution in [3.05, 3.63) is 52.2 Å². The minimum atomic E-state index is -1.98. The predicted molar refractivity (Wildman–Crippen MR) is 181 cm³/mol. The molecule has 2 aliphatic rings. The maximum absolute atomic E-state index is 6.75. The monoisotopic (exact) mass is 659 g/mol. The summed E-state index contributed by atoms with van der Waals surface area (Å²) in [6.45, 7) is 22.3. The van der Waals surface area contributed by atoms with E-state index >= 15 is 0 Å². The summed E-state index contributed by atoms with van der Waals surface area (Å²) in [4.78, 5) is 9.86. The van der Waals surface area contributed by atoms with Crippen molar-refractivity contribution in [1.29, 1.82) is 0 Å². The number of ether oxygens (including phenoxy) is 4. The van der Waals surface area contributed by atoms with Crippen LogP contribution < -0.4 is 4.74 Å². The normalized spacial score (nSPS) is 22.6. The van der Waals surface area contributed by atoms with Crippen LogP contribution in [0.5, 0.6) is 6.01 Å². The summed E-state index contributed by atoms with van der Waals surface area (Å²) in [6.07, 6.45) is 0.755. The summed E-state index contributed by atoms with van der Waals surface area (Å²) in [5.41, 5.74) is 4.73. The molecule has 0 saturated carbocycles. The summed E-state index contributed by atoms with van der Waals surface area (Å²) in [5.74, 6) is 0. The lowest BCUT2D eigenvalue weighted by atomic mass is 10.1. The lowest BCUT2D eigenvalue weighted by Crippen LogP contribution is -2.47. The van der Waals surface area contributed by atoms with Gasteiger partial charge in [0.2, 0.25) is 0 Å². The first-order valence-corrected chi connectivity index (χ1v) is 22.9. The first-order valence-electron chi connectivity index (χ1n) is 15.9. The lowest BCUT2D eigenvalue weighted by molar-refractivity contribution is 0.00687. The number of hydrogen-bond donors (Lipinski definition) is 0. The molecule has 0 bridgehead atoms. The zero-order chi connectivity index (χ0) is 31.9. The third-order valence-electron chi connectivity index (χ3n) is 9.17. The van der Waals surface area contributed by atoms with Gasteiger partial charge in [0.25, 0.3) is 0 Å². The number of fused-ring (bicyclic) bond motifs is 2. The summed E-state index contributed by atoms with van der Waals surface area (Å²) in [6, 6.07) is 12.0. The Morgan fingerprint density at radius 3 is 2.27 bits per heavy atom. The number of aryl methyl sites for hydroxylation is 3. The molecule has 242 valence electrons. The Balaban J connectivity index is 1.36. The highest BCUT2D eigenvalue weighted by Gasteiger charge is 2.52. The van der Waals surface area contributed by atoms with E-state index in [2.05, 4.69) is 84.7 Å². The molecule has 2 aliphatic heterocycles. The van der Waals surface area contributed by atoms with Crippen molar-refractivity contribution in [2.45, 2.75) is 116 Å². The third kappa shape index (κ3) is 7.77. The number of nitrogens with zero attached hydrogens (tertiary/aromatic N) is 3. The van der Waals surface area contributed by atoms with Gasteiger partial charge in [0.15, 0.2) is 20.1 Å². The molecule has 44 heavy (non-hydrogen) atoms. The maximum Gasteiger partial charge on any atom is 0.301 e. The van der Waals surface area contributed by atoms with Crippen molar-refractivity contribution in [3.8, 4) is 6.01 Å². The minimum Gasteiger partial charge on any atom is -0.456 e. The molecule has 0 amide bonds. The van der Waals surface area contributed by atoms with E-state index in [1.807, 2.05) is 10.6 Å². The number of rotatable bonds is 12. The molecule has 4 heterocycles. The van der Waals surface area contributed by atoms with Crippen LogP contribution in [-0.4, -0.2) is 75.2 Å². The summed E-state index contributed by atoms with van der Waals surface area (Å²) in [7, 11) is -3.23. The Kier molecular flexibility index (Phi) is 10.0. The van der Waals surface area contributed by atoms with Crippen LogP contribution in [0.25, 0.3) is 11.2 Å². The first kappa shape index (κ1) is 33.6. The van der Waals surface area contributed by atoms with Crippen molar-refractivity contribution in [3.63, 3.8) is 0 Å². The van der Waals surface area contributed by atoms with E-state index in [-0.39, 0.29) is 29.5 Å². The highest BCUT2D eigenvalue weighted by atomic mass is 35.5. The fourth-order valence-electron chi connectivity index (χ4n) is 5.30. The predicted octanol–water partition coefficient (Wildman–Crippen LogP) is 7.43. The van der Waals surface area contributed by atoms with Gasteiger partial charge in [0, 0.05) is 14.7 Å². The van der Waals surface area contributed by atoms with E-state index in [1.165, 1.54) is 11.1 Å². The second-order valence-electron chi connectivity index (χ2n) is 15.1. The van der Waals surface area contributed by atoms with Gasteiger partial charge < -0.3 is 23.4 Å². The summed E-state index contributed by atoms with van der Waals surface area (Å²) in [5, 5.41) is 0.710. The smallest absolute Gasteiger partial charge is 0.301 e. The third-order valence-corrected chi connectivity index (χ3v) is 15.7. The van der Waals surface area contributed by atoms with Crippen LogP contribution in [0.3, 0.4) is 0 Å². The molecule has 2 fully saturated rings. The van der Waals surface area contributed by atoms with Crippen LogP contribution in [0, 0.1) is 6.92 Å². The molecule has 8 nitrogen and oxygen atoms in total. The van der Waals surface area contributed by atoms with Gasteiger partial charge in [-0.15, -0.1) is 0 Å². The number of halogens is 1. The number of benzene rings is 1. The van der Waals surface area contributed by atoms with Gasteiger partial charge >= 0.3 is 6.01 Å². The van der Waals surface area contributed by atoms with Gasteiger partial charge in [-0.3, -0.25) is 4.57 Å². The van der Waals surface area contributed by atoms with E-state index in [4.69, 9.17) is 44.9 Å². The Morgan fingerprint density at radius 1 is 0.955 bits per heavy atom. The van der Waals surface area contributed by atoms with Crippen LogP contribution in [0.1, 0.15) is 37.6 Å². The Morgan fingerprint density at radius 2 is 1.61 bits per heavy atom. The SMILES string of the molecule is Cc1ccc(CCc2nc3c(cc2Cl)nc(O[C@@H]2CO[C@H]4[C@@H]2OC[C@H]4O[Si](C)(C)C(C)(C)C)n3COCC[Si](C)(C)C)cc1. The maximum atomic E-state index is 6.75. The quantitative estimate of drug-likeness (QED) is 0.148. The molecule has 4 atom stereocenters. The molecule has 0 N–H and O–H groups in total. The molecule has 3 aromatic rings. The highest BCUT2D eigenvalue weighted by molar-refractivity contribution is 6.76. The molecule has 11 heteroatoms. The number of aromatic nitrogens is 3. The average Bonchev–Trinajstić information content (AvgIpc) is 3.60. The molecule has 2 saturated heterocycles. The van der Waals surface area contributed by atoms with Crippen molar-refractivity contribution in [1.82, 2.24) is 14.5 Å². The highest BCUT2D eigenvalue weighted by Crippen LogP contribution is 2.40. The molecular weight excluding hydrogens is 610 g/mol. The molecular formula is C33H50ClN3O5Si2. The topological polar surface area (TPSA) is 76.9 Å². The lowest BCUT2D eigenvalue weighted by Gasteiger charge is -2.39. The van der Waals surface area contributed by atoms with Gasteiger partial charge in [0.05, 0.1) is 30.0 Å². The van der Waals surface area contributed by atoms with Crippen molar-refractivity contribution < 1.29 is 23.4 Å². The Labute approximate surface area is 269 Å². The second-order valence-corrected chi connectivity index (χ2v) is 25.9. The first-order chi connectivity index (χ1) is 20.6. The van der Waals surface area contributed by atoms with Gasteiger partial charge in [0.1, 0.15) is 24.5 Å². The van der Waals surface area contributed by atoms with Gasteiger partial charge in [-0.05, 0) is 55.6 Å². The van der Waals surface area contributed by atoms with Gasteiger partial charge in [-0.2, -0.15) is 4.98 Å². The second kappa shape index (κ2) is 13.1. The fraction of sp³-hybridized carbons (Fsp3) is 0.636. The van der Waals surface area contributed by atoms with Crippen molar-refractivity contribution >= 4 is 39.2 Å². The Bertz CT molecular complexity index is 1430. The average molecular weight is 660 g/mol. The molecule has 0 radical (unpaired) electrons. The van der Waals surface area contributed by atoms with Crippen LogP contribution in [-0.2, 0) is 38.2 Å². The van der Waals surface area contributed by atoms with Crippen LogP contribution in [0.2, 0.25) is 48.8 Å². The molecule has 1 aromatic carbocycles. The van der Waals surface area contributed by atoms with Gasteiger partial charge in [-0.25, -0.2) is 4.98 Å². The van der Waals surface area contributed by atoms with Crippen LogP contribution >= 0.6 is 11.6 Å². The summed E-state index contributed by atoms with van der Waals surface area (Å²) < 4.78 is 33.9. The van der Waals surface area contributed by atoms with Crippen LogP contribution in [0.4, 0.5) is 0 Å². The molecule has 5 rings (SSSR count). The zero-order valence-electron chi connectivity index (χ0n) is 27.9. The van der Waals surface area contributed by atoms with E-state index in [0.717, 1.165) is 24.6 Å². The van der Waals surface area contributed by atoms with E-state index in [0.29, 0.717) is 48.7 Å². The van der Waals surface area contributed by atoms with E-state index in [9.17, 15) is 0 Å². The van der Waals surface area contributed by atoms with E-state index < -0.39 is 16.4 Å². The van der Waals surface area contributed by atoms with Crippen molar-refractivity contribution in [2.75, 3.05) is 19.8 Å². The van der Waals surface area contributed by atoms with Crippen molar-refractivity contribution in [2.24, 2.45) is 0 Å². The minimum absolute atomic E-state index is 0.102. The zero-order valence-corrected chi connectivity index (χ0v) is 30.7. The molecule has 2 aromatic heterocycles. The molecule has 0 unspecified atom stereocenters. The summed E-state index contributed by atoms with van der Waals surface area (Å²) >= 11 is 6.75. The number of pyridine rings is 1. The largest absolute Gasteiger partial charge is 0.456 e. The Hall–Kier alpha value is -1.80. The van der Waals surface area contributed by atoms with E-state index in [1.54, 1.807) is 0 Å². The number of imidazole rings is 1. The number of hydrogen-bond acceptors (Lipinski definition) is 7. The molecule has 0 aliphatic carbocycles. The standard InChI is InChI=1S/C33H50ClN3O5Si2/c1-22-10-12-23(13-11-22)14-15-25-24(34)18-26-31(35-25)37(21-38-16-17-43(5,6)7)32(36-26)41-27-19-39-30-28(20-40-29(27)30)42-44(8,9)33(2,3)4/h10-13,18,27-30H,14-17,19-21H2,1-9H3/t27-,28-,29-,30-/m1/s1. The fourth-order valence-corrected chi connectivity index (χ4v) is 7.61.